The standard InChI is InChI=1S/C16H19NO4S/c1-12(9-10-13-6-5-11-21-13)17-16(18)14-7-3-4-8-15(14)22(2,19)20/h3-8,11-12H,9-10H2,1-2H3,(H,17,18)/t12-/m0/s1. The van der Waals surface area contributed by atoms with Gasteiger partial charge in [0.15, 0.2) is 9.84 Å². The molecule has 1 N–H and O–H groups in total. The van der Waals surface area contributed by atoms with Gasteiger partial charge in [0.1, 0.15) is 5.76 Å². The smallest absolute Gasteiger partial charge is 0.252 e. The summed E-state index contributed by atoms with van der Waals surface area (Å²) in [5.41, 5.74) is 0.176. The van der Waals surface area contributed by atoms with Crippen LogP contribution in [0.3, 0.4) is 0 Å². The van der Waals surface area contributed by atoms with E-state index in [-0.39, 0.29) is 22.4 Å². The first-order valence-corrected chi connectivity index (χ1v) is 8.89. The fourth-order valence-electron chi connectivity index (χ4n) is 2.16. The van der Waals surface area contributed by atoms with Gasteiger partial charge in [-0.25, -0.2) is 8.42 Å². The maximum Gasteiger partial charge on any atom is 0.252 e. The predicted molar refractivity (Wildman–Crippen MR) is 83.5 cm³/mol. The molecule has 0 spiro atoms. The molecule has 1 atom stereocenters. The number of rotatable bonds is 6. The van der Waals surface area contributed by atoms with E-state index in [0.717, 1.165) is 12.0 Å². The van der Waals surface area contributed by atoms with Crippen molar-refractivity contribution < 1.29 is 17.6 Å². The minimum absolute atomic E-state index is 0.0470. The van der Waals surface area contributed by atoms with Crippen LogP contribution >= 0.6 is 0 Å². The summed E-state index contributed by atoms with van der Waals surface area (Å²) in [4.78, 5) is 12.3. The molecule has 0 aliphatic carbocycles. The van der Waals surface area contributed by atoms with Crippen LogP contribution in [-0.4, -0.2) is 26.6 Å². The van der Waals surface area contributed by atoms with Crippen LogP contribution < -0.4 is 5.32 Å². The Kier molecular flexibility index (Phi) is 5.03. The summed E-state index contributed by atoms with van der Waals surface area (Å²) in [6, 6.07) is 9.83. The first-order valence-electron chi connectivity index (χ1n) is 7.00. The molecule has 2 rings (SSSR count). The van der Waals surface area contributed by atoms with E-state index >= 15 is 0 Å². The van der Waals surface area contributed by atoms with Gasteiger partial charge in [-0.15, -0.1) is 0 Å². The third kappa shape index (κ3) is 4.21. The molecular formula is C16H19NO4S. The Morgan fingerprint density at radius 3 is 2.59 bits per heavy atom. The van der Waals surface area contributed by atoms with Crippen LogP contribution in [0.4, 0.5) is 0 Å². The van der Waals surface area contributed by atoms with E-state index in [1.165, 1.54) is 12.1 Å². The lowest BCUT2D eigenvalue weighted by Crippen LogP contribution is -2.33. The summed E-state index contributed by atoms with van der Waals surface area (Å²) in [5.74, 6) is 0.477. The molecule has 1 heterocycles. The van der Waals surface area contributed by atoms with Gasteiger partial charge in [-0.2, -0.15) is 0 Å². The molecule has 0 unspecified atom stereocenters. The monoisotopic (exact) mass is 321 g/mol. The molecule has 0 saturated carbocycles. The second-order valence-electron chi connectivity index (χ2n) is 5.26. The van der Waals surface area contributed by atoms with Crippen LogP contribution in [0.2, 0.25) is 0 Å². The molecule has 0 saturated heterocycles. The summed E-state index contributed by atoms with van der Waals surface area (Å²) in [7, 11) is -3.44. The summed E-state index contributed by atoms with van der Waals surface area (Å²) in [6.45, 7) is 1.88. The maximum absolute atomic E-state index is 12.3. The Hall–Kier alpha value is -2.08. The highest BCUT2D eigenvalue weighted by atomic mass is 32.2. The highest BCUT2D eigenvalue weighted by Crippen LogP contribution is 2.15. The largest absolute Gasteiger partial charge is 0.469 e. The van der Waals surface area contributed by atoms with Crippen molar-refractivity contribution in [2.24, 2.45) is 0 Å². The van der Waals surface area contributed by atoms with Crippen molar-refractivity contribution in [3.05, 3.63) is 54.0 Å². The second kappa shape index (κ2) is 6.79. The van der Waals surface area contributed by atoms with Crippen LogP contribution in [0.1, 0.15) is 29.5 Å². The summed E-state index contributed by atoms with van der Waals surface area (Å²) in [5, 5.41) is 2.83. The van der Waals surface area contributed by atoms with Gasteiger partial charge >= 0.3 is 0 Å². The molecule has 0 aliphatic rings. The van der Waals surface area contributed by atoms with Crippen molar-refractivity contribution in [1.29, 1.82) is 0 Å². The number of carbonyl (C=O) groups excluding carboxylic acids is 1. The van der Waals surface area contributed by atoms with Gasteiger partial charge < -0.3 is 9.73 Å². The summed E-state index contributed by atoms with van der Waals surface area (Å²) < 4.78 is 28.7. The number of hydrogen-bond acceptors (Lipinski definition) is 4. The Morgan fingerprint density at radius 2 is 1.95 bits per heavy atom. The zero-order chi connectivity index (χ0) is 16.2. The normalized spacial score (nSPS) is 12.8. The topological polar surface area (TPSA) is 76.4 Å². The van der Waals surface area contributed by atoms with Crippen LogP contribution in [0.25, 0.3) is 0 Å². The van der Waals surface area contributed by atoms with Gasteiger partial charge in [0, 0.05) is 18.7 Å². The molecule has 5 nitrogen and oxygen atoms in total. The number of hydrogen-bond donors (Lipinski definition) is 1. The molecule has 22 heavy (non-hydrogen) atoms. The van der Waals surface area contributed by atoms with Crippen molar-refractivity contribution in [2.45, 2.75) is 30.7 Å². The van der Waals surface area contributed by atoms with Crippen LogP contribution in [0.5, 0.6) is 0 Å². The summed E-state index contributed by atoms with van der Waals surface area (Å²) >= 11 is 0. The van der Waals surface area contributed by atoms with Gasteiger partial charge in [-0.3, -0.25) is 4.79 Å². The van der Waals surface area contributed by atoms with Crippen LogP contribution in [-0.2, 0) is 16.3 Å². The molecule has 2 aromatic rings. The molecule has 0 bridgehead atoms. The zero-order valence-electron chi connectivity index (χ0n) is 12.6. The van der Waals surface area contributed by atoms with Gasteiger partial charge in [0.25, 0.3) is 5.91 Å². The number of nitrogens with one attached hydrogen (secondary N) is 1. The van der Waals surface area contributed by atoms with E-state index in [2.05, 4.69) is 5.32 Å². The lowest BCUT2D eigenvalue weighted by atomic mass is 10.1. The lowest BCUT2D eigenvalue weighted by molar-refractivity contribution is 0.0934. The van der Waals surface area contributed by atoms with E-state index in [0.29, 0.717) is 12.8 Å². The summed E-state index contributed by atoms with van der Waals surface area (Å²) in [6.07, 6.45) is 4.13. The number of aryl methyl sites for hydroxylation is 1. The fraction of sp³-hybridized carbons (Fsp3) is 0.312. The molecule has 6 heteroatoms. The number of furan rings is 1. The lowest BCUT2D eigenvalue weighted by Gasteiger charge is -2.14. The van der Waals surface area contributed by atoms with E-state index < -0.39 is 9.84 Å². The minimum atomic E-state index is -3.44. The average molecular weight is 321 g/mol. The fourth-order valence-corrected chi connectivity index (χ4v) is 3.05. The van der Waals surface area contributed by atoms with Crippen molar-refractivity contribution in [2.75, 3.05) is 6.26 Å². The van der Waals surface area contributed by atoms with Gasteiger partial charge in [-0.1, -0.05) is 12.1 Å². The van der Waals surface area contributed by atoms with Crippen LogP contribution in [0.15, 0.2) is 52.0 Å². The van der Waals surface area contributed by atoms with Crippen molar-refractivity contribution in [3.63, 3.8) is 0 Å². The van der Waals surface area contributed by atoms with E-state index in [4.69, 9.17) is 4.42 Å². The third-order valence-corrected chi connectivity index (χ3v) is 4.47. The Labute approximate surface area is 130 Å². The van der Waals surface area contributed by atoms with Gasteiger partial charge in [0.05, 0.1) is 16.7 Å². The van der Waals surface area contributed by atoms with Gasteiger partial charge in [0.2, 0.25) is 0 Å². The molecule has 0 radical (unpaired) electrons. The first-order chi connectivity index (χ1) is 10.4. The van der Waals surface area contributed by atoms with Crippen molar-refractivity contribution >= 4 is 15.7 Å². The van der Waals surface area contributed by atoms with Crippen LogP contribution in [0, 0.1) is 0 Å². The Balaban J connectivity index is 2.03. The quantitative estimate of drug-likeness (QED) is 0.886. The molecule has 1 aromatic carbocycles. The zero-order valence-corrected chi connectivity index (χ0v) is 13.4. The highest BCUT2D eigenvalue weighted by Gasteiger charge is 2.19. The Bertz CT molecular complexity index is 735. The number of sulfone groups is 1. The second-order valence-corrected chi connectivity index (χ2v) is 7.25. The molecule has 1 aromatic heterocycles. The molecular weight excluding hydrogens is 302 g/mol. The Morgan fingerprint density at radius 1 is 1.23 bits per heavy atom. The van der Waals surface area contributed by atoms with E-state index in [1.807, 2.05) is 19.1 Å². The van der Waals surface area contributed by atoms with Crippen molar-refractivity contribution in [1.82, 2.24) is 5.32 Å². The number of amides is 1. The number of benzene rings is 1. The molecule has 0 fully saturated rings. The molecule has 0 aliphatic heterocycles. The SMILES string of the molecule is C[C@@H](CCc1ccco1)NC(=O)c1ccccc1S(C)(=O)=O. The maximum atomic E-state index is 12.3. The predicted octanol–water partition coefficient (Wildman–Crippen LogP) is 2.43. The highest BCUT2D eigenvalue weighted by molar-refractivity contribution is 7.90. The van der Waals surface area contributed by atoms with E-state index in [9.17, 15) is 13.2 Å². The molecule has 1 amide bonds. The minimum Gasteiger partial charge on any atom is -0.469 e. The molecule has 118 valence electrons. The van der Waals surface area contributed by atoms with Crippen molar-refractivity contribution in [3.8, 4) is 0 Å². The van der Waals surface area contributed by atoms with Gasteiger partial charge in [-0.05, 0) is 37.6 Å². The van der Waals surface area contributed by atoms with E-state index in [1.54, 1.807) is 18.4 Å². The number of carbonyl (C=O) groups is 1. The third-order valence-electron chi connectivity index (χ3n) is 3.31. The first kappa shape index (κ1) is 16.3. The average Bonchev–Trinajstić information content (AvgIpc) is 2.97.